The average molecular weight is 215 g/mol. The number of para-hydroxylation sites is 1. The molecule has 0 aliphatic heterocycles. The smallest absolute Gasteiger partial charge is 0.230 e. The second-order valence-electron chi connectivity index (χ2n) is 3.49. The molecular formula is C11H9N3O2. The molecule has 2 aromatic heterocycles. The molecule has 80 valence electrons. The van der Waals surface area contributed by atoms with Crippen molar-refractivity contribution in [3.63, 3.8) is 0 Å². The lowest BCUT2D eigenvalue weighted by Gasteiger charge is -1.97. The Balaban J connectivity index is 2.35. The van der Waals surface area contributed by atoms with Crippen molar-refractivity contribution in [2.75, 3.05) is 5.73 Å². The number of nitrogens with zero attached hydrogens (tertiary/aromatic N) is 2. The van der Waals surface area contributed by atoms with Gasteiger partial charge in [-0.3, -0.25) is 0 Å². The average Bonchev–Trinajstić information content (AvgIpc) is 2.82. The first kappa shape index (κ1) is 8.96. The van der Waals surface area contributed by atoms with Crippen molar-refractivity contribution in [1.29, 1.82) is 0 Å². The molecule has 0 amide bonds. The fourth-order valence-corrected chi connectivity index (χ4v) is 1.72. The maximum atomic E-state index is 5.68. The quantitative estimate of drug-likeness (QED) is 0.674. The van der Waals surface area contributed by atoms with Gasteiger partial charge in [-0.2, -0.15) is 0 Å². The summed E-state index contributed by atoms with van der Waals surface area (Å²) in [5, 5.41) is 3.65. The van der Waals surface area contributed by atoms with Gasteiger partial charge in [-0.15, -0.1) is 0 Å². The Labute approximate surface area is 90.9 Å². The summed E-state index contributed by atoms with van der Waals surface area (Å²) in [5.74, 6) is 0.902. The lowest BCUT2D eigenvalue weighted by Crippen LogP contribution is -1.84. The number of aryl methyl sites for hydroxylation is 1. The second kappa shape index (κ2) is 3.10. The van der Waals surface area contributed by atoms with Crippen molar-refractivity contribution in [3.05, 3.63) is 30.3 Å². The van der Waals surface area contributed by atoms with Crippen molar-refractivity contribution in [2.45, 2.75) is 6.92 Å². The Bertz CT molecular complexity index is 654. The molecule has 2 heterocycles. The van der Waals surface area contributed by atoms with Gasteiger partial charge in [0.15, 0.2) is 11.5 Å². The molecule has 0 spiro atoms. The largest absolute Gasteiger partial charge is 0.440 e. The molecule has 0 bridgehead atoms. The summed E-state index contributed by atoms with van der Waals surface area (Å²) in [6.07, 6.45) is 1.57. The van der Waals surface area contributed by atoms with Crippen LogP contribution in [0.15, 0.2) is 33.3 Å². The highest BCUT2D eigenvalue weighted by molar-refractivity contribution is 5.92. The number of benzene rings is 1. The first-order valence-electron chi connectivity index (χ1n) is 4.82. The van der Waals surface area contributed by atoms with Gasteiger partial charge in [0.2, 0.25) is 5.88 Å². The third kappa shape index (κ3) is 1.18. The van der Waals surface area contributed by atoms with Crippen molar-refractivity contribution in [1.82, 2.24) is 10.1 Å². The third-order valence-corrected chi connectivity index (χ3v) is 2.41. The Kier molecular flexibility index (Phi) is 1.73. The van der Waals surface area contributed by atoms with Crippen molar-refractivity contribution in [2.24, 2.45) is 0 Å². The van der Waals surface area contributed by atoms with Crippen molar-refractivity contribution >= 4 is 17.0 Å². The number of hydrogen-bond acceptors (Lipinski definition) is 5. The van der Waals surface area contributed by atoms with E-state index in [4.69, 9.17) is 14.7 Å². The molecule has 0 unspecified atom stereocenters. The van der Waals surface area contributed by atoms with Gasteiger partial charge in [-0.1, -0.05) is 17.3 Å². The molecule has 16 heavy (non-hydrogen) atoms. The van der Waals surface area contributed by atoms with Gasteiger partial charge in [-0.05, 0) is 6.07 Å². The van der Waals surface area contributed by atoms with E-state index in [-0.39, 0.29) is 5.88 Å². The van der Waals surface area contributed by atoms with Crippen LogP contribution in [0.25, 0.3) is 22.2 Å². The molecule has 3 rings (SSSR count). The normalized spacial score (nSPS) is 11.1. The van der Waals surface area contributed by atoms with E-state index >= 15 is 0 Å². The molecule has 0 aliphatic rings. The zero-order valence-corrected chi connectivity index (χ0v) is 8.60. The number of fused-ring (bicyclic) bond motifs is 1. The second-order valence-corrected chi connectivity index (χ2v) is 3.49. The third-order valence-electron chi connectivity index (χ3n) is 2.41. The maximum Gasteiger partial charge on any atom is 0.230 e. The molecule has 5 heteroatoms. The molecule has 0 aliphatic carbocycles. The maximum absolute atomic E-state index is 5.68. The molecule has 0 atom stereocenters. The number of hydrogen-bond donors (Lipinski definition) is 1. The van der Waals surface area contributed by atoms with E-state index < -0.39 is 0 Å². The lowest BCUT2D eigenvalue weighted by atomic mass is 10.1. The Morgan fingerprint density at radius 2 is 2.12 bits per heavy atom. The van der Waals surface area contributed by atoms with Crippen LogP contribution in [0.2, 0.25) is 0 Å². The highest BCUT2D eigenvalue weighted by Crippen LogP contribution is 2.32. The van der Waals surface area contributed by atoms with Crippen LogP contribution in [0.4, 0.5) is 5.88 Å². The van der Waals surface area contributed by atoms with Crippen LogP contribution in [0.3, 0.4) is 0 Å². The molecular weight excluding hydrogens is 206 g/mol. The predicted octanol–water partition coefficient (Wildman–Crippen LogP) is 2.37. The fraction of sp³-hybridized carbons (Fsp3) is 0.0909. The molecule has 0 radical (unpaired) electrons. The van der Waals surface area contributed by atoms with Gasteiger partial charge in [0, 0.05) is 12.5 Å². The summed E-state index contributed by atoms with van der Waals surface area (Å²) in [7, 11) is 0. The predicted molar refractivity (Wildman–Crippen MR) is 58.7 cm³/mol. The highest BCUT2D eigenvalue weighted by Gasteiger charge is 2.13. The standard InChI is InChI=1S/C11H9N3O2/c1-6-14-9-4-2-3-7(10(9)15-6)8-5-13-16-11(8)12/h2-5H,12H2,1H3. The summed E-state index contributed by atoms with van der Waals surface area (Å²) in [6, 6.07) is 5.68. The van der Waals surface area contributed by atoms with Crippen LogP contribution >= 0.6 is 0 Å². The number of nitrogen functional groups attached to an aromatic ring is 1. The first-order valence-corrected chi connectivity index (χ1v) is 4.82. The molecule has 1 aromatic carbocycles. The summed E-state index contributed by atoms with van der Waals surface area (Å²) in [5.41, 5.74) is 8.75. The lowest BCUT2D eigenvalue weighted by molar-refractivity contribution is 0.436. The summed E-state index contributed by atoms with van der Waals surface area (Å²) < 4.78 is 10.4. The Morgan fingerprint density at radius 1 is 1.25 bits per heavy atom. The molecule has 0 saturated heterocycles. The van der Waals surface area contributed by atoms with Gasteiger partial charge in [-0.25, -0.2) is 4.98 Å². The minimum atomic E-state index is 0.279. The van der Waals surface area contributed by atoms with E-state index in [1.807, 2.05) is 18.2 Å². The zero-order chi connectivity index (χ0) is 11.1. The number of oxazole rings is 1. The Morgan fingerprint density at radius 3 is 2.88 bits per heavy atom. The SMILES string of the molecule is Cc1nc2cccc(-c3cnoc3N)c2o1. The van der Waals surface area contributed by atoms with Crippen LogP contribution in [-0.2, 0) is 0 Å². The molecule has 0 saturated carbocycles. The number of anilines is 1. The van der Waals surface area contributed by atoms with E-state index in [1.165, 1.54) is 0 Å². The minimum Gasteiger partial charge on any atom is -0.440 e. The van der Waals surface area contributed by atoms with Crippen LogP contribution in [0.1, 0.15) is 5.89 Å². The topological polar surface area (TPSA) is 78.1 Å². The van der Waals surface area contributed by atoms with E-state index in [9.17, 15) is 0 Å². The van der Waals surface area contributed by atoms with Crippen LogP contribution in [-0.4, -0.2) is 10.1 Å². The van der Waals surface area contributed by atoms with Gasteiger partial charge >= 0.3 is 0 Å². The molecule has 2 N–H and O–H groups in total. The van der Waals surface area contributed by atoms with Gasteiger partial charge in [0.05, 0.1) is 11.8 Å². The van der Waals surface area contributed by atoms with Gasteiger partial charge in [0.1, 0.15) is 5.52 Å². The van der Waals surface area contributed by atoms with Crippen LogP contribution in [0, 0.1) is 6.92 Å². The van der Waals surface area contributed by atoms with Crippen LogP contribution in [0.5, 0.6) is 0 Å². The summed E-state index contributed by atoms with van der Waals surface area (Å²) in [6.45, 7) is 1.81. The van der Waals surface area contributed by atoms with E-state index in [1.54, 1.807) is 13.1 Å². The van der Waals surface area contributed by atoms with E-state index in [0.29, 0.717) is 11.5 Å². The fourth-order valence-electron chi connectivity index (χ4n) is 1.72. The van der Waals surface area contributed by atoms with Gasteiger partial charge in [0.25, 0.3) is 0 Å². The highest BCUT2D eigenvalue weighted by atomic mass is 16.5. The monoisotopic (exact) mass is 215 g/mol. The zero-order valence-electron chi connectivity index (χ0n) is 8.60. The molecule has 0 fully saturated rings. The van der Waals surface area contributed by atoms with Crippen molar-refractivity contribution < 1.29 is 8.94 Å². The summed E-state index contributed by atoms with van der Waals surface area (Å²) in [4.78, 5) is 4.25. The molecule has 3 aromatic rings. The Hall–Kier alpha value is -2.30. The van der Waals surface area contributed by atoms with Crippen LogP contribution < -0.4 is 5.73 Å². The minimum absolute atomic E-state index is 0.279. The number of rotatable bonds is 1. The van der Waals surface area contributed by atoms with Gasteiger partial charge < -0.3 is 14.7 Å². The number of aromatic nitrogens is 2. The van der Waals surface area contributed by atoms with E-state index in [2.05, 4.69) is 10.1 Å². The first-order chi connectivity index (χ1) is 7.75. The van der Waals surface area contributed by atoms with Crippen molar-refractivity contribution in [3.8, 4) is 11.1 Å². The van der Waals surface area contributed by atoms with E-state index in [0.717, 1.165) is 16.6 Å². The summed E-state index contributed by atoms with van der Waals surface area (Å²) >= 11 is 0. The number of nitrogens with two attached hydrogens (primary N) is 1. The molecule has 5 nitrogen and oxygen atoms in total.